The second-order valence-corrected chi connectivity index (χ2v) is 10.6. The van der Waals surface area contributed by atoms with Gasteiger partial charge in [0.05, 0.1) is 20.7 Å². The summed E-state index contributed by atoms with van der Waals surface area (Å²) in [4.78, 5) is 10.6. The van der Waals surface area contributed by atoms with Crippen LogP contribution in [-0.4, -0.2) is 31.5 Å². The van der Waals surface area contributed by atoms with Gasteiger partial charge in [-0.25, -0.2) is 17.7 Å². The highest BCUT2D eigenvalue weighted by Gasteiger charge is 2.59. The first kappa shape index (κ1) is 21.8. The van der Waals surface area contributed by atoms with Crippen LogP contribution in [0.5, 0.6) is 0 Å². The average Bonchev–Trinajstić information content (AvgIpc) is 2.56. The summed E-state index contributed by atoms with van der Waals surface area (Å²) in [5.74, 6) is -3.67. The first-order chi connectivity index (χ1) is 12.2. The Kier molecular flexibility index (Phi) is 5.55. The summed E-state index contributed by atoms with van der Waals surface area (Å²) in [7, 11) is -1.88. The van der Waals surface area contributed by atoms with Crippen molar-refractivity contribution in [2.75, 3.05) is 6.61 Å². The predicted molar refractivity (Wildman–Crippen MR) is 100 cm³/mol. The van der Waals surface area contributed by atoms with Gasteiger partial charge in [-0.1, -0.05) is 19.9 Å². The molecule has 1 unspecified atom stereocenters. The molecular weight excluding hydrogens is 378 g/mol. The molecule has 9 heteroatoms. The first-order valence-electron chi connectivity index (χ1n) is 8.66. The van der Waals surface area contributed by atoms with Crippen LogP contribution in [0.4, 0.5) is 14.5 Å². The van der Waals surface area contributed by atoms with Gasteiger partial charge in [-0.3, -0.25) is 10.1 Å². The highest BCUT2D eigenvalue weighted by molar-refractivity contribution is 7.84. The summed E-state index contributed by atoms with van der Waals surface area (Å²) < 4.78 is 44.6. The fourth-order valence-corrected chi connectivity index (χ4v) is 4.35. The molecule has 152 valence electrons. The van der Waals surface area contributed by atoms with Gasteiger partial charge in [0, 0.05) is 12.1 Å². The molecule has 0 saturated heterocycles. The molecule has 0 amide bonds. The van der Waals surface area contributed by atoms with Crippen LogP contribution >= 0.6 is 0 Å². The van der Waals surface area contributed by atoms with E-state index >= 15 is 8.78 Å². The number of nitro groups is 1. The van der Waals surface area contributed by atoms with Crippen LogP contribution in [0, 0.1) is 10.1 Å². The number of nitro benzene ring substituents is 1. The Hall–Kier alpha value is -1.45. The van der Waals surface area contributed by atoms with Gasteiger partial charge in [0.25, 0.3) is 11.6 Å². The van der Waals surface area contributed by atoms with Gasteiger partial charge in [-0.05, 0) is 50.2 Å². The zero-order valence-electron chi connectivity index (χ0n) is 16.1. The number of rotatable bonds is 5. The minimum absolute atomic E-state index is 0.0181. The normalized spacial score (nSPS) is 23.6. The minimum atomic E-state index is -3.67. The highest BCUT2D eigenvalue weighted by Crippen LogP contribution is 2.52. The molecule has 0 aromatic heterocycles. The number of non-ortho nitro benzene ring substituents is 1. The average molecular weight is 404 g/mol. The maximum Gasteiger partial charge on any atom is 0.293 e. The second kappa shape index (κ2) is 6.86. The van der Waals surface area contributed by atoms with Gasteiger partial charge in [0.2, 0.25) is 0 Å². The monoisotopic (exact) mass is 404 g/mol. The zero-order valence-corrected chi connectivity index (χ0v) is 17.0. The third-order valence-electron chi connectivity index (χ3n) is 5.17. The van der Waals surface area contributed by atoms with E-state index in [9.17, 15) is 19.4 Å². The summed E-state index contributed by atoms with van der Waals surface area (Å²) in [6.07, 6.45) is 0.214. The Bertz CT molecular complexity index is 777. The van der Waals surface area contributed by atoms with E-state index in [1.807, 2.05) is 13.8 Å². The van der Waals surface area contributed by atoms with Crippen LogP contribution in [0.15, 0.2) is 18.2 Å². The number of hydrogen-bond donors (Lipinski definition) is 2. The lowest BCUT2D eigenvalue weighted by atomic mass is 9.63. The molecule has 0 saturated carbocycles. The Labute approximate surface area is 160 Å². The van der Waals surface area contributed by atoms with E-state index in [4.69, 9.17) is 0 Å². The lowest BCUT2D eigenvalue weighted by Gasteiger charge is -2.49. The summed E-state index contributed by atoms with van der Waals surface area (Å²) in [6, 6.07) is 3.89. The molecule has 0 heterocycles. The summed E-state index contributed by atoms with van der Waals surface area (Å²) >= 11 is 0. The molecule has 0 aliphatic heterocycles. The Morgan fingerprint density at radius 2 is 1.85 bits per heavy atom. The van der Waals surface area contributed by atoms with E-state index in [-0.39, 0.29) is 17.7 Å². The van der Waals surface area contributed by atoms with Gasteiger partial charge in [0.1, 0.15) is 12.1 Å². The largest absolute Gasteiger partial charge is 0.390 e. The number of nitrogens with one attached hydrogen (secondary N) is 1. The fourth-order valence-electron chi connectivity index (χ4n) is 3.37. The van der Waals surface area contributed by atoms with Gasteiger partial charge in [0.15, 0.2) is 0 Å². The zero-order chi connectivity index (χ0) is 20.8. The van der Waals surface area contributed by atoms with E-state index < -0.39 is 44.1 Å². The predicted octanol–water partition coefficient (Wildman–Crippen LogP) is 3.54. The van der Waals surface area contributed by atoms with Crippen LogP contribution in [0.1, 0.15) is 58.6 Å². The van der Waals surface area contributed by atoms with Crippen LogP contribution in [-0.2, 0) is 21.9 Å². The summed E-state index contributed by atoms with van der Waals surface area (Å²) in [6.45, 7) is 7.20. The lowest BCUT2D eigenvalue weighted by molar-refractivity contribution is -0.385. The van der Waals surface area contributed by atoms with Crippen molar-refractivity contribution < 1.29 is 23.0 Å². The Balaban J connectivity index is 2.80. The summed E-state index contributed by atoms with van der Waals surface area (Å²) in [5, 5.41) is 20.7. The topological polar surface area (TPSA) is 92.5 Å². The highest BCUT2D eigenvalue weighted by atomic mass is 32.2. The van der Waals surface area contributed by atoms with E-state index in [2.05, 4.69) is 4.72 Å². The standard InChI is InChI=1S/C18H26F2N2O4S/c1-15(2,3)27(26)21-17(18(19,20)11-23)9-8-16(4,5)13-7-6-12(22(24)25)10-14(13)17/h6-7,10,21,23H,8-9,11H2,1-5H3/t17-,27?/m1/s1. The molecular formula is C18H26F2N2O4S. The number of aliphatic hydroxyl groups excluding tert-OH is 1. The summed E-state index contributed by atoms with van der Waals surface area (Å²) in [5.41, 5.74) is -2.45. The maximum atomic E-state index is 15.1. The Morgan fingerprint density at radius 1 is 1.26 bits per heavy atom. The molecule has 1 aliphatic rings. The van der Waals surface area contributed by atoms with Crippen molar-refractivity contribution in [3.05, 3.63) is 39.4 Å². The van der Waals surface area contributed by atoms with Crippen molar-refractivity contribution in [1.29, 1.82) is 0 Å². The van der Waals surface area contributed by atoms with Crippen LogP contribution in [0.25, 0.3) is 0 Å². The fraction of sp³-hybridized carbons (Fsp3) is 0.667. The van der Waals surface area contributed by atoms with E-state index in [1.165, 1.54) is 12.1 Å². The number of benzene rings is 1. The van der Waals surface area contributed by atoms with Gasteiger partial charge in [-0.2, -0.15) is 0 Å². The number of aliphatic hydroxyl groups is 1. The molecule has 2 rings (SSSR count). The first-order valence-corrected chi connectivity index (χ1v) is 9.81. The minimum Gasteiger partial charge on any atom is -0.390 e. The van der Waals surface area contributed by atoms with E-state index in [1.54, 1.807) is 20.8 Å². The molecule has 0 spiro atoms. The van der Waals surface area contributed by atoms with Gasteiger partial charge in [-0.15, -0.1) is 0 Å². The molecule has 2 atom stereocenters. The SMILES string of the molecule is CC1(C)CC[C@](NS(=O)C(C)(C)C)(C(F)(F)CO)c2cc([N+](=O)[O-])ccc21. The van der Waals surface area contributed by atoms with E-state index in [0.29, 0.717) is 12.0 Å². The molecule has 6 nitrogen and oxygen atoms in total. The molecule has 0 bridgehead atoms. The molecule has 27 heavy (non-hydrogen) atoms. The molecule has 1 aliphatic carbocycles. The van der Waals surface area contributed by atoms with Crippen molar-refractivity contribution in [1.82, 2.24) is 4.72 Å². The van der Waals surface area contributed by atoms with Crippen molar-refractivity contribution in [3.63, 3.8) is 0 Å². The van der Waals surface area contributed by atoms with Crippen LogP contribution in [0.3, 0.4) is 0 Å². The van der Waals surface area contributed by atoms with E-state index in [0.717, 1.165) is 6.07 Å². The third kappa shape index (κ3) is 3.77. The quantitative estimate of drug-likeness (QED) is 0.580. The lowest BCUT2D eigenvalue weighted by Crippen LogP contribution is -2.62. The number of halogens is 2. The van der Waals surface area contributed by atoms with Crippen molar-refractivity contribution in [2.24, 2.45) is 0 Å². The molecule has 0 fully saturated rings. The second-order valence-electron chi connectivity index (χ2n) is 8.62. The van der Waals surface area contributed by atoms with Crippen LogP contribution in [0.2, 0.25) is 0 Å². The van der Waals surface area contributed by atoms with Crippen molar-refractivity contribution in [2.45, 2.75) is 69.1 Å². The van der Waals surface area contributed by atoms with Crippen molar-refractivity contribution in [3.8, 4) is 0 Å². The van der Waals surface area contributed by atoms with Crippen LogP contribution < -0.4 is 4.72 Å². The molecule has 1 aromatic carbocycles. The number of hydrogen-bond acceptors (Lipinski definition) is 4. The molecule has 0 radical (unpaired) electrons. The van der Waals surface area contributed by atoms with Gasteiger partial charge < -0.3 is 5.11 Å². The number of nitrogens with zero attached hydrogens (tertiary/aromatic N) is 1. The van der Waals surface area contributed by atoms with Crippen molar-refractivity contribution >= 4 is 16.7 Å². The number of fused-ring (bicyclic) bond motifs is 1. The van der Waals surface area contributed by atoms with Gasteiger partial charge >= 0.3 is 0 Å². The smallest absolute Gasteiger partial charge is 0.293 e. The third-order valence-corrected chi connectivity index (χ3v) is 6.82. The molecule has 1 aromatic rings. The molecule has 2 N–H and O–H groups in total. The maximum absolute atomic E-state index is 15.1. The Morgan fingerprint density at radius 3 is 2.33 bits per heavy atom. The number of alkyl halides is 2.